The summed E-state index contributed by atoms with van der Waals surface area (Å²) in [6.45, 7) is 5.15. The van der Waals surface area contributed by atoms with Gasteiger partial charge in [0.2, 0.25) is 0 Å². The number of nitrogens with zero attached hydrogens (tertiary/aromatic N) is 3. The second-order valence-electron chi connectivity index (χ2n) is 3.97. The molecule has 1 heterocycles. The molecule has 6 heteroatoms. The minimum Gasteiger partial charge on any atom is -0.376 e. The van der Waals surface area contributed by atoms with E-state index in [4.69, 9.17) is 9.47 Å². The van der Waals surface area contributed by atoms with Crippen molar-refractivity contribution in [2.45, 2.75) is 26.7 Å². The molecular formula is C12H21N3O3. The molecular weight excluding hydrogens is 234 g/mol. The Morgan fingerprint density at radius 3 is 2.39 bits per heavy atom. The second-order valence-corrected chi connectivity index (χ2v) is 3.97. The van der Waals surface area contributed by atoms with Crippen molar-refractivity contribution >= 4 is 5.69 Å². The lowest BCUT2D eigenvalue weighted by Crippen LogP contribution is -2.32. The van der Waals surface area contributed by atoms with Crippen molar-refractivity contribution in [3.8, 4) is 0 Å². The highest BCUT2D eigenvalue weighted by molar-refractivity contribution is 5.40. The van der Waals surface area contributed by atoms with Crippen LogP contribution in [0.15, 0.2) is 17.1 Å². The van der Waals surface area contributed by atoms with Gasteiger partial charge in [-0.25, -0.2) is 4.68 Å². The summed E-state index contributed by atoms with van der Waals surface area (Å²) < 4.78 is 12.1. The van der Waals surface area contributed by atoms with Crippen LogP contribution in [-0.2, 0) is 16.0 Å². The van der Waals surface area contributed by atoms with Gasteiger partial charge in [-0.05, 0) is 13.8 Å². The molecule has 0 saturated heterocycles. The fraction of sp³-hybridized carbons (Fsp3) is 0.667. The number of rotatable bonds is 7. The first-order valence-electron chi connectivity index (χ1n) is 6.06. The van der Waals surface area contributed by atoms with Gasteiger partial charge in [-0.15, -0.1) is 0 Å². The molecule has 18 heavy (non-hydrogen) atoms. The molecule has 1 aromatic rings. The highest BCUT2D eigenvalue weighted by Gasteiger charge is 2.11. The van der Waals surface area contributed by atoms with Crippen molar-refractivity contribution in [1.82, 2.24) is 9.78 Å². The van der Waals surface area contributed by atoms with E-state index in [1.165, 1.54) is 4.68 Å². The molecule has 0 bridgehead atoms. The molecule has 0 atom stereocenters. The molecule has 1 rings (SSSR count). The Labute approximate surface area is 107 Å². The van der Waals surface area contributed by atoms with Crippen LogP contribution in [0.5, 0.6) is 0 Å². The van der Waals surface area contributed by atoms with E-state index in [-0.39, 0.29) is 5.56 Å². The van der Waals surface area contributed by atoms with Gasteiger partial charge in [-0.2, -0.15) is 5.10 Å². The number of aromatic nitrogens is 2. The average Bonchev–Trinajstić information content (AvgIpc) is 2.32. The molecule has 0 aliphatic rings. The third-order valence-corrected chi connectivity index (χ3v) is 2.40. The molecule has 102 valence electrons. The number of hydrogen-bond acceptors (Lipinski definition) is 5. The summed E-state index contributed by atoms with van der Waals surface area (Å²) in [5, 5.41) is 4.11. The van der Waals surface area contributed by atoms with Crippen LogP contribution in [0.1, 0.15) is 13.8 Å². The Morgan fingerprint density at radius 2 is 1.94 bits per heavy atom. The van der Waals surface area contributed by atoms with Gasteiger partial charge in [0.05, 0.1) is 18.4 Å². The summed E-state index contributed by atoms with van der Waals surface area (Å²) in [6, 6.07) is 1.54. The highest BCUT2D eigenvalue weighted by Crippen LogP contribution is 2.04. The zero-order valence-electron chi connectivity index (χ0n) is 11.4. The van der Waals surface area contributed by atoms with Gasteiger partial charge in [0.25, 0.3) is 5.56 Å². The Kier molecular flexibility index (Phi) is 5.80. The van der Waals surface area contributed by atoms with Crippen LogP contribution in [-0.4, -0.2) is 43.4 Å². The smallest absolute Gasteiger partial charge is 0.268 e. The van der Waals surface area contributed by atoms with E-state index in [0.29, 0.717) is 19.8 Å². The van der Waals surface area contributed by atoms with E-state index in [2.05, 4.69) is 5.10 Å². The standard InChI is InChI=1S/C12H21N3O3/c1-5-17-12(18-6-2)9-15-11(16)7-10(8-13-15)14(3)4/h7-8,12H,5-6,9H2,1-4H3. The van der Waals surface area contributed by atoms with Gasteiger partial charge in [0.1, 0.15) is 0 Å². The van der Waals surface area contributed by atoms with Crippen LogP contribution in [0.25, 0.3) is 0 Å². The number of ether oxygens (including phenoxy) is 2. The summed E-state index contributed by atoms with van der Waals surface area (Å²) in [5.41, 5.74) is 0.617. The summed E-state index contributed by atoms with van der Waals surface area (Å²) in [4.78, 5) is 13.7. The van der Waals surface area contributed by atoms with E-state index in [9.17, 15) is 4.79 Å². The van der Waals surface area contributed by atoms with Gasteiger partial charge in [-0.3, -0.25) is 4.79 Å². The van der Waals surface area contributed by atoms with Gasteiger partial charge in [-0.1, -0.05) is 0 Å². The Hall–Kier alpha value is -1.40. The lowest BCUT2D eigenvalue weighted by molar-refractivity contribution is -0.145. The quantitative estimate of drug-likeness (QED) is 0.672. The van der Waals surface area contributed by atoms with Gasteiger partial charge < -0.3 is 14.4 Å². The maximum atomic E-state index is 11.9. The van der Waals surface area contributed by atoms with E-state index in [1.54, 1.807) is 12.3 Å². The summed E-state index contributed by atoms with van der Waals surface area (Å²) in [5.74, 6) is 0. The molecule has 0 aliphatic carbocycles. The summed E-state index contributed by atoms with van der Waals surface area (Å²) >= 11 is 0. The number of anilines is 1. The largest absolute Gasteiger partial charge is 0.376 e. The fourth-order valence-corrected chi connectivity index (χ4v) is 1.47. The first-order chi connectivity index (χ1) is 8.58. The molecule has 0 aliphatic heterocycles. The second kappa shape index (κ2) is 7.13. The molecule has 0 aromatic carbocycles. The van der Waals surface area contributed by atoms with E-state index in [1.807, 2.05) is 32.8 Å². The van der Waals surface area contributed by atoms with E-state index < -0.39 is 6.29 Å². The van der Waals surface area contributed by atoms with Gasteiger partial charge in [0.15, 0.2) is 6.29 Å². The molecule has 0 spiro atoms. The SMILES string of the molecule is CCOC(Cn1ncc(N(C)C)cc1=O)OCC. The zero-order chi connectivity index (χ0) is 13.5. The zero-order valence-corrected chi connectivity index (χ0v) is 11.4. The van der Waals surface area contributed by atoms with Crippen molar-refractivity contribution in [3.63, 3.8) is 0 Å². The van der Waals surface area contributed by atoms with Crippen LogP contribution in [0, 0.1) is 0 Å². The van der Waals surface area contributed by atoms with Crippen molar-refractivity contribution in [1.29, 1.82) is 0 Å². The molecule has 6 nitrogen and oxygen atoms in total. The van der Waals surface area contributed by atoms with Crippen molar-refractivity contribution in [2.75, 3.05) is 32.2 Å². The normalized spacial score (nSPS) is 10.9. The van der Waals surface area contributed by atoms with Crippen molar-refractivity contribution in [3.05, 3.63) is 22.6 Å². The summed E-state index contributed by atoms with van der Waals surface area (Å²) in [6.07, 6.45) is 1.21. The highest BCUT2D eigenvalue weighted by atomic mass is 16.7. The first kappa shape index (κ1) is 14.7. The molecule has 0 radical (unpaired) electrons. The monoisotopic (exact) mass is 255 g/mol. The number of hydrogen-bond donors (Lipinski definition) is 0. The van der Waals surface area contributed by atoms with E-state index >= 15 is 0 Å². The molecule has 0 fully saturated rings. The van der Waals surface area contributed by atoms with Crippen LogP contribution < -0.4 is 10.5 Å². The molecule has 0 saturated carbocycles. The van der Waals surface area contributed by atoms with Crippen molar-refractivity contribution < 1.29 is 9.47 Å². The lowest BCUT2D eigenvalue weighted by Gasteiger charge is -2.18. The third-order valence-electron chi connectivity index (χ3n) is 2.40. The topological polar surface area (TPSA) is 56.6 Å². The van der Waals surface area contributed by atoms with Crippen molar-refractivity contribution in [2.24, 2.45) is 0 Å². The lowest BCUT2D eigenvalue weighted by atomic mass is 10.4. The summed E-state index contributed by atoms with van der Waals surface area (Å²) in [7, 11) is 3.73. The molecule has 1 aromatic heterocycles. The Bertz CT molecular complexity index is 411. The fourth-order valence-electron chi connectivity index (χ4n) is 1.47. The Morgan fingerprint density at radius 1 is 1.33 bits per heavy atom. The van der Waals surface area contributed by atoms with Gasteiger partial charge >= 0.3 is 0 Å². The molecule has 0 amide bonds. The minimum atomic E-state index is -0.435. The average molecular weight is 255 g/mol. The minimum absolute atomic E-state index is 0.161. The van der Waals surface area contributed by atoms with Crippen LogP contribution >= 0.6 is 0 Å². The third kappa shape index (κ3) is 4.12. The van der Waals surface area contributed by atoms with Gasteiger partial charge in [0, 0.05) is 33.4 Å². The molecule has 0 N–H and O–H groups in total. The van der Waals surface area contributed by atoms with E-state index in [0.717, 1.165) is 5.69 Å². The van der Waals surface area contributed by atoms with Crippen LogP contribution in [0.2, 0.25) is 0 Å². The Balaban J connectivity index is 2.80. The predicted octanol–water partition coefficient (Wildman–Crippen LogP) is 0.708. The van der Waals surface area contributed by atoms with Crippen LogP contribution in [0.3, 0.4) is 0 Å². The first-order valence-corrected chi connectivity index (χ1v) is 6.06. The maximum Gasteiger partial charge on any atom is 0.268 e. The molecule has 0 unspecified atom stereocenters. The predicted molar refractivity (Wildman–Crippen MR) is 69.9 cm³/mol. The van der Waals surface area contributed by atoms with Crippen LogP contribution in [0.4, 0.5) is 5.69 Å². The maximum absolute atomic E-state index is 11.9.